The number of hydrogen-bond acceptors (Lipinski definition) is 4. The first-order chi connectivity index (χ1) is 12.2. The molecule has 0 saturated heterocycles. The van der Waals surface area contributed by atoms with Gasteiger partial charge in [-0.15, -0.1) is 0 Å². The highest BCUT2D eigenvalue weighted by molar-refractivity contribution is 5.81. The predicted octanol–water partition coefficient (Wildman–Crippen LogP) is 2.06. The average Bonchev–Trinajstić information content (AvgIpc) is 3.13. The van der Waals surface area contributed by atoms with Gasteiger partial charge in [-0.05, 0) is 37.5 Å². The van der Waals surface area contributed by atoms with Gasteiger partial charge in [-0.1, -0.05) is 12.1 Å². The van der Waals surface area contributed by atoms with Gasteiger partial charge >= 0.3 is 0 Å². The van der Waals surface area contributed by atoms with Gasteiger partial charge < -0.3 is 19.9 Å². The van der Waals surface area contributed by atoms with Crippen LogP contribution >= 0.6 is 0 Å². The fraction of sp³-hybridized carbons (Fsp3) is 0.474. The summed E-state index contributed by atoms with van der Waals surface area (Å²) in [5, 5.41) is 6.33. The van der Waals surface area contributed by atoms with Gasteiger partial charge in [0.2, 0.25) is 5.91 Å². The number of ether oxygens (including phenoxy) is 1. The Kier molecular flexibility index (Phi) is 5.71. The molecule has 2 atom stereocenters. The summed E-state index contributed by atoms with van der Waals surface area (Å²) in [6.07, 6.45) is 6.16. The van der Waals surface area contributed by atoms with Crippen LogP contribution in [0.1, 0.15) is 37.1 Å². The zero-order chi connectivity index (χ0) is 17.6. The van der Waals surface area contributed by atoms with Crippen molar-refractivity contribution >= 4 is 5.91 Å². The Morgan fingerprint density at radius 2 is 2.36 bits per heavy atom. The first-order valence-electron chi connectivity index (χ1n) is 8.82. The molecule has 1 aliphatic rings. The van der Waals surface area contributed by atoms with Crippen LogP contribution in [0.15, 0.2) is 36.7 Å². The van der Waals surface area contributed by atoms with E-state index in [-0.39, 0.29) is 11.9 Å². The molecule has 1 aliphatic heterocycles. The lowest BCUT2D eigenvalue weighted by molar-refractivity contribution is -0.122. The number of aromatic nitrogens is 2. The summed E-state index contributed by atoms with van der Waals surface area (Å²) in [5.74, 6) is 2.30. The molecule has 2 unspecified atom stereocenters. The number of carbonyl (C=O) groups is 1. The van der Waals surface area contributed by atoms with Gasteiger partial charge in [0.25, 0.3) is 0 Å². The van der Waals surface area contributed by atoms with Gasteiger partial charge in [-0.25, -0.2) is 4.98 Å². The minimum absolute atomic E-state index is 0.00183. The molecule has 6 nitrogen and oxygen atoms in total. The molecule has 6 heteroatoms. The summed E-state index contributed by atoms with van der Waals surface area (Å²) in [7, 11) is 1.64. The minimum Gasteiger partial charge on any atom is -0.497 e. The molecule has 1 aromatic carbocycles. The Morgan fingerprint density at radius 3 is 3.20 bits per heavy atom. The average molecular weight is 342 g/mol. The smallest absolute Gasteiger partial charge is 0.237 e. The zero-order valence-electron chi connectivity index (χ0n) is 14.9. The van der Waals surface area contributed by atoms with Crippen molar-refractivity contribution in [2.75, 3.05) is 13.7 Å². The highest BCUT2D eigenvalue weighted by Crippen LogP contribution is 2.24. The van der Waals surface area contributed by atoms with E-state index in [1.165, 1.54) is 0 Å². The van der Waals surface area contributed by atoms with Gasteiger partial charge in [0.05, 0.1) is 13.2 Å². The maximum absolute atomic E-state index is 12.3. The molecule has 1 amide bonds. The number of benzene rings is 1. The molecule has 2 N–H and O–H groups in total. The third kappa shape index (κ3) is 4.39. The van der Waals surface area contributed by atoms with Gasteiger partial charge in [0.15, 0.2) is 0 Å². The lowest BCUT2D eigenvalue weighted by Crippen LogP contribution is -2.43. The van der Waals surface area contributed by atoms with Crippen LogP contribution in [0.5, 0.6) is 5.75 Å². The molecule has 25 heavy (non-hydrogen) atoms. The van der Waals surface area contributed by atoms with Crippen LogP contribution in [-0.2, 0) is 17.9 Å². The molecule has 0 fully saturated rings. The molecule has 2 aromatic rings. The van der Waals surface area contributed by atoms with Crippen LogP contribution in [0.25, 0.3) is 0 Å². The van der Waals surface area contributed by atoms with Crippen LogP contribution < -0.4 is 15.4 Å². The van der Waals surface area contributed by atoms with E-state index in [1.54, 1.807) is 7.11 Å². The number of nitrogens with zero attached hydrogens (tertiary/aromatic N) is 2. The van der Waals surface area contributed by atoms with Crippen LogP contribution in [0.2, 0.25) is 0 Å². The lowest BCUT2D eigenvalue weighted by atomic mass is 9.98. The quantitative estimate of drug-likeness (QED) is 0.808. The van der Waals surface area contributed by atoms with Crippen molar-refractivity contribution in [1.82, 2.24) is 20.2 Å². The summed E-state index contributed by atoms with van der Waals surface area (Å²) in [4.78, 5) is 16.8. The summed E-state index contributed by atoms with van der Waals surface area (Å²) in [6.45, 7) is 4.21. The van der Waals surface area contributed by atoms with Crippen molar-refractivity contribution in [2.45, 2.75) is 44.8 Å². The van der Waals surface area contributed by atoms with Gasteiger partial charge in [-0.2, -0.15) is 0 Å². The van der Waals surface area contributed by atoms with Gasteiger partial charge in [-0.3, -0.25) is 4.79 Å². The van der Waals surface area contributed by atoms with Crippen molar-refractivity contribution in [3.8, 4) is 5.75 Å². The topological polar surface area (TPSA) is 68.2 Å². The second kappa shape index (κ2) is 8.16. The number of fused-ring (bicyclic) bond motifs is 1. The van der Waals surface area contributed by atoms with Crippen molar-refractivity contribution in [2.24, 2.45) is 0 Å². The van der Waals surface area contributed by atoms with E-state index in [2.05, 4.69) is 20.2 Å². The molecule has 1 aromatic heterocycles. The second-order valence-corrected chi connectivity index (χ2v) is 6.52. The summed E-state index contributed by atoms with van der Waals surface area (Å²) in [5.41, 5.74) is 1.02. The molecule has 0 radical (unpaired) electrons. The standard InChI is InChI=1S/C19H26N4O2/c1-14(19(24)22-12-15-5-3-7-17(11-15)25-2)21-13-16-6-4-9-23-10-8-20-18(16)23/h3,5,7-8,10-11,14,16,21H,4,6,9,12-13H2,1-2H3,(H,22,24). The van der Waals surface area contributed by atoms with Crippen molar-refractivity contribution in [3.63, 3.8) is 0 Å². The summed E-state index contributed by atoms with van der Waals surface area (Å²) >= 11 is 0. The van der Waals surface area contributed by atoms with Crippen LogP contribution in [0.3, 0.4) is 0 Å². The monoisotopic (exact) mass is 342 g/mol. The van der Waals surface area contributed by atoms with E-state index in [9.17, 15) is 4.79 Å². The Bertz CT molecular complexity index is 713. The normalized spacial score (nSPS) is 17.6. The first-order valence-corrected chi connectivity index (χ1v) is 8.82. The largest absolute Gasteiger partial charge is 0.497 e. The SMILES string of the molecule is COc1cccc(CNC(=O)C(C)NCC2CCCn3ccnc32)c1. The van der Waals surface area contributed by atoms with E-state index < -0.39 is 0 Å². The highest BCUT2D eigenvalue weighted by atomic mass is 16.5. The number of methoxy groups -OCH3 is 1. The van der Waals surface area contributed by atoms with E-state index in [1.807, 2.05) is 43.6 Å². The third-order valence-corrected chi connectivity index (χ3v) is 4.73. The molecule has 0 bridgehead atoms. The Morgan fingerprint density at radius 1 is 1.48 bits per heavy atom. The van der Waals surface area contributed by atoms with Crippen molar-refractivity contribution in [1.29, 1.82) is 0 Å². The van der Waals surface area contributed by atoms with E-state index >= 15 is 0 Å². The van der Waals surface area contributed by atoms with Crippen molar-refractivity contribution < 1.29 is 9.53 Å². The first kappa shape index (κ1) is 17.5. The fourth-order valence-corrected chi connectivity index (χ4v) is 3.24. The van der Waals surface area contributed by atoms with Crippen LogP contribution in [0, 0.1) is 0 Å². The number of imidazole rings is 1. The third-order valence-electron chi connectivity index (χ3n) is 4.73. The molecule has 2 heterocycles. The summed E-state index contributed by atoms with van der Waals surface area (Å²) < 4.78 is 7.42. The highest BCUT2D eigenvalue weighted by Gasteiger charge is 2.22. The molecule has 0 saturated carbocycles. The number of amides is 1. The minimum atomic E-state index is -0.240. The van der Waals surface area contributed by atoms with Crippen molar-refractivity contribution in [3.05, 3.63) is 48.0 Å². The number of rotatable bonds is 7. The molecule has 134 valence electrons. The number of carbonyl (C=O) groups excluding carboxylic acids is 1. The van der Waals surface area contributed by atoms with E-state index in [4.69, 9.17) is 4.74 Å². The molecular weight excluding hydrogens is 316 g/mol. The van der Waals surface area contributed by atoms with Gasteiger partial charge in [0.1, 0.15) is 11.6 Å². The molecular formula is C19H26N4O2. The van der Waals surface area contributed by atoms with E-state index in [0.29, 0.717) is 12.5 Å². The Labute approximate surface area is 148 Å². The summed E-state index contributed by atoms with van der Waals surface area (Å²) in [6, 6.07) is 7.48. The van der Waals surface area contributed by atoms with Crippen LogP contribution in [-0.4, -0.2) is 35.2 Å². The number of aryl methyl sites for hydroxylation is 1. The maximum atomic E-state index is 12.3. The van der Waals surface area contributed by atoms with Gasteiger partial charge in [0, 0.05) is 37.9 Å². The second-order valence-electron chi connectivity index (χ2n) is 6.52. The molecule has 0 spiro atoms. The molecule has 0 aliphatic carbocycles. The number of nitrogens with one attached hydrogen (secondary N) is 2. The van der Waals surface area contributed by atoms with E-state index in [0.717, 1.165) is 43.1 Å². The number of hydrogen-bond donors (Lipinski definition) is 2. The fourth-order valence-electron chi connectivity index (χ4n) is 3.24. The Balaban J connectivity index is 1.47. The van der Waals surface area contributed by atoms with Crippen LogP contribution in [0.4, 0.5) is 0 Å². The predicted molar refractivity (Wildman–Crippen MR) is 96.5 cm³/mol. The maximum Gasteiger partial charge on any atom is 0.237 e. The zero-order valence-corrected chi connectivity index (χ0v) is 14.9. The lowest BCUT2D eigenvalue weighted by Gasteiger charge is -2.25. The molecule has 3 rings (SSSR count). The Hall–Kier alpha value is -2.34.